The third-order valence-electron chi connectivity index (χ3n) is 5.18. The number of carbonyl (C=O) groups excluding carboxylic acids is 1. The summed E-state index contributed by atoms with van der Waals surface area (Å²) in [5.41, 5.74) is 2.75. The number of aromatic nitrogens is 3. The topological polar surface area (TPSA) is 64.2 Å². The summed E-state index contributed by atoms with van der Waals surface area (Å²) in [5, 5.41) is 8.64. The maximum absolute atomic E-state index is 13.1. The molecule has 2 aromatic heterocycles. The van der Waals surface area contributed by atoms with Crippen molar-refractivity contribution in [2.45, 2.75) is 64.5 Å². The molecule has 1 fully saturated rings. The number of hydrogen-bond acceptors (Lipinski definition) is 4. The molecule has 4 heterocycles. The molecule has 2 aliphatic rings. The smallest absolute Gasteiger partial charge is 0.257 e. The molecule has 0 radical (unpaired) electrons. The maximum atomic E-state index is 13.1. The highest BCUT2D eigenvalue weighted by Crippen LogP contribution is 2.34. The van der Waals surface area contributed by atoms with Crippen molar-refractivity contribution < 1.29 is 9.32 Å². The van der Waals surface area contributed by atoms with Crippen molar-refractivity contribution in [2.75, 3.05) is 6.54 Å². The lowest BCUT2D eigenvalue weighted by Crippen LogP contribution is -2.31. The third-order valence-corrected chi connectivity index (χ3v) is 5.18. The molecular formula is C18H24N4O2. The number of likely N-dealkylation sites (tertiary alicyclic amines) is 1. The predicted molar refractivity (Wildman–Crippen MR) is 88.8 cm³/mol. The van der Waals surface area contributed by atoms with Crippen molar-refractivity contribution in [1.82, 2.24) is 19.8 Å². The van der Waals surface area contributed by atoms with Crippen molar-refractivity contribution in [1.29, 1.82) is 0 Å². The van der Waals surface area contributed by atoms with Gasteiger partial charge in [-0.2, -0.15) is 5.10 Å². The first-order valence-corrected chi connectivity index (χ1v) is 8.97. The quantitative estimate of drug-likeness (QED) is 0.867. The number of nitrogens with zero attached hydrogens (tertiary/aromatic N) is 4. The fraction of sp³-hybridized carbons (Fsp3) is 0.611. The highest BCUT2D eigenvalue weighted by Gasteiger charge is 2.35. The van der Waals surface area contributed by atoms with Crippen LogP contribution in [0.15, 0.2) is 16.8 Å². The SMILES string of the molecule is CC(C)c1cc([C@@H]2CCCN2C(=O)c2cnn3c2CCCC3)no1. The summed E-state index contributed by atoms with van der Waals surface area (Å²) >= 11 is 0. The van der Waals surface area contributed by atoms with Crippen LogP contribution in [0.5, 0.6) is 0 Å². The fourth-order valence-corrected chi connectivity index (χ4v) is 3.80. The van der Waals surface area contributed by atoms with Gasteiger partial charge in [-0.15, -0.1) is 0 Å². The van der Waals surface area contributed by atoms with Gasteiger partial charge in [0.25, 0.3) is 5.91 Å². The first-order valence-electron chi connectivity index (χ1n) is 8.97. The molecule has 0 spiro atoms. The highest BCUT2D eigenvalue weighted by atomic mass is 16.5. The number of hydrogen-bond donors (Lipinski definition) is 0. The van der Waals surface area contributed by atoms with E-state index in [4.69, 9.17) is 4.52 Å². The summed E-state index contributed by atoms with van der Waals surface area (Å²) in [6.45, 7) is 5.87. The van der Waals surface area contributed by atoms with E-state index in [2.05, 4.69) is 24.1 Å². The molecule has 0 bridgehead atoms. The van der Waals surface area contributed by atoms with Gasteiger partial charge in [-0.3, -0.25) is 9.48 Å². The average Bonchev–Trinajstić information content (AvgIpc) is 3.31. The number of aryl methyl sites for hydroxylation is 1. The molecule has 128 valence electrons. The standard InChI is InChI=1S/C18H24N4O2/c1-12(2)17-10-14(20-24-17)16-7-5-8-21(16)18(23)13-11-19-22-9-4-3-6-15(13)22/h10-12,16H,3-9H2,1-2H3/t16-/m0/s1. The lowest BCUT2D eigenvalue weighted by Gasteiger charge is -2.23. The van der Waals surface area contributed by atoms with E-state index in [9.17, 15) is 4.79 Å². The lowest BCUT2D eigenvalue weighted by molar-refractivity contribution is 0.0729. The summed E-state index contributed by atoms with van der Waals surface area (Å²) in [7, 11) is 0. The molecule has 6 heteroatoms. The van der Waals surface area contributed by atoms with Gasteiger partial charge in [0.15, 0.2) is 0 Å². The first-order chi connectivity index (χ1) is 11.6. The van der Waals surface area contributed by atoms with Crippen molar-refractivity contribution in [3.8, 4) is 0 Å². The van der Waals surface area contributed by atoms with Crippen LogP contribution in [0.3, 0.4) is 0 Å². The van der Waals surface area contributed by atoms with Gasteiger partial charge in [-0.25, -0.2) is 0 Å². The van der Waals surface area contributed by atoms with E-state index in [0.717, 1.165) is 67.9 Å². The van der Waals surface area contributed by atoms with Crippen LogP contribution in [-0.2, 0) is 13.0 Å². The molecule has 0 N–H and O–H groups in total. The Morgan fingerprint density at radius 3 is 2.96 bits per heavy atom. The summed E-state index contributed by atoms with van der Waals surface area (Å²) in [4.78, 5) is 15.1. The zero-order valence-electron chi connectivity index (χ0n) is 14.4. The molecule has 0 saturated carbocycles. The molecule has 1 atom stereocenters. The van der Waals surface area contributed by atoms with Crippen molar-refractivity contribution in [3.63, 3.8) is 0 Å². The van der Waals surface area contributed by atoms with E-state index in [1.807, 2.05) is 15.6 Å². The molecule has 0 aromatic carbocycles. The Morgan fingerprint density at radius 2 is 2.17 bits per heavy atom. The van der Waals surface area contributed by atoms with Crippen LogP contribution in [-0.4, -0.2) is 32.3 Å². The van der Waals surface area contributed by atoms with E-state index < -0.39 is 0 Å². The minimum atomic E-state index is 0.0212. The summed E-state index contributed by atoms with van der Waals surface area (Å²) in [6.07, 6.45) is 6.92. The normalized spacial score (nSPS) is 20.6. The fourth-order valence-electron chi connectivity index (χ4n) is 3.80. The number of carbonyl (C=O) groups is 1. The summed E-state index contributed by atoms with van der Waals surface area (Å²) in [6, 6.07) is 2.03. The Hall–Kier alpha value is -2.11. The third kappa shape index (κ3) is 2.54. The van der Waals surface area contributed by atoms with Crippen molar-refractivity contribution in [2.24, 2.45) is 0 Å². The molecule has 24 heavy (non-hydrogen) atoms. The monoisotopic (exact) mass is 328 g/mol. The summed E-state index contributed by atoms with van der Waals surface area (Å²) < 4.78 is 7.44. The second-order valence-corrected chi connectivity index (χ2v) is 7.15. The second kappa shape index (κ2) is 6.07. The van der Waals surface area contributed by atoms with Gasteiger partial charge in [-0.1, -0.05) is 19.0 Å². The minimum absolute atomic E-state index is 0.0212. The van der Waals surface area contributed by atoms with Gasteiger partial charge in [0.05, 0.1) is 23.5 Å². The van der Waals surface area contributed by atoms with Crippen LogP contribution in [0, 0.1) is 0 Å². The van der Waals surface area contributed by atoms with Crippen LogP contribution in [0.2, 0.25) is 0 Å². The Kier molecular flexibility index (Phi) is 3.90. The maximum Gasteiger partial charge on any atom is 0.257 e. The van der Waals surface area contributed by atoms with Crippen LogP contribution >= 0.6 is 0 Å². The molecule has 0 aliphatic carbocycles. The molecule has 2 aliphatic heterocycles. The van der Waals surface area contributed by atoms with E-state index in [0.29, 0.717) is 5.92 Å². The molecular weight excluding hydrogens is 304 g/mol. The predicted octanol–water partition coefficient (Wildman–Crippen LogP) is 3.31. The highest BCUT2D eigenvalue weighted by molar-refractivity contribution is 5.95. The number of rotatable bonds is 3. The largest absolute Gasteiger partial charge is 0.361 e. The van der Waals surface area contributed by atoms with Crippen molar-refractivity contribution >= 4 is 5.91 Å². The molecule has 6 nitrogen and oxygen atoms in total. The first kappa shape index (κ1) is 15.4. The van der Waals surface area contributed by atoms with E-state index in [1.165, 1.54) is 0 Å². The van der Waals surface area contributed by atoms with E-state index >= 15 is 0 Å². The minimum Gasteiger partial charge on any atom is -0.361 e. The second-order valence-electron chi connectivity index (χ2n) is 7.15. The van der Waals surface area contributed by atoms with Gasteiger partial charge in [0.2, 0.25) is 0 Å². The Labute approximate surface area is 141 Å². The lowest BCUT2D eigenvalue weighted by atomic mass is 10.0. The van der Waals surface area contributed by atoms with Crippen molar-refractivity contribution in [3.05, 3.63) is 35.0 Å². The Balaban J connectivity index is 1.60. The van der Waals surface area contributed by atoms with Crippen LogP contribution < -0.4 is 0 Å². The zero-order valence-corrected chi connectivity index (χ0v) is 14.4. The summed E-state index contributed by atoms with van der Waals surface area (Å²) in [5.74, 6) is 1.28. The zero-order chi connectivity index (χ0) is 16.7. The molecule has 1 amide bonds. The van der Waals surface area contributed by atoms with E-state index in [1.54, 1.807) is 6.20 Å². The van der Waals surface area contributed by atoms with E-state index in [-0.39, 0.29) is 11.9 Å². The van der Waals surface area contributed by atoms with Gasteiger partial charge in [-0.05, 0) is 32.1 Å². The van der Waals surface area contributed by atoms with Crippen LogP contribution in [0.25, 0.3) is 0 Å². The molecule has 0 unspecified atom stereocenters. The molecule has 4 rings (SSSR count). The van der Waals surface area contributed by atoms with Crippen LogP contribution in [0.4, 0.5) is 0 Å². The van der Waals surface area contributed by atoms with Gasteiger partial charge >= 0.3 is 0 Å². The van der Waals surface area contributed by atoms with Gasteiger partial charge < -0.3 is 9.42 Å². The Morgan fingerprint density at radius 1 is 1.29 bits per heavy atom. The average molecular weight is 328 g/mol. The van der Waals surface area contributed by atoms with Crippen LogP contribution in [0.1, 0.15) is 79.0 Å². The number of fused-ring (bicyclic) bond motifs is 1. The van der Waals surface area contributed by atoms with Gasteiger partial charge in [0, 0.05) is 25.1 Å². The molecule has 1 saturated heterocycles. The Bertz CT molecular complexity index is 746. The number of amides is 1. The molecule has 2 aromatic rings. The van der Waals surface area contributed by atoms with Gasteiger partial charge in [0.1, 0.15) is 11.5 Å².